The Bertz CT molecular complexity index is 538. The molecule has 1 fully saturated rings. The number of amides is 1. The predicted octanol–water partition coefficient (Wildman–Crippen LogP) is 3.18. The monoisotopic (exact) mass is 347 g/mol. The van der Waals surface area contributed by atoms with E-state index in [1.54, 1.807) is 0 Å². The van der Waals surface area contributed by atoms with Crippen LogP contribution in [-0.4, -0.2) is 36.7 Å². The van der Waals surface area contributed by atoms with Crippen molar-refractivity contribution in [2.24, 2.45) is 5.41 Å². The molecule has 0 atom stereocenters. The molecule has 0 aromatic heterocycles. The predicted molar refractivity (Wildman–Crippen MR) is 96.4 cm³/mol. The molecule has 2 rings (SSSR count). The van der Waals surface area contributed by atoms with E-state index in [2.05, 4.69) is 17.4 Å². The van der Waals surface area contributed by atoms with E-state index in [-0.39, 0.29) is 12.5 Å². The second-order valence-corrected chi connectivity index (χ2v) is 6.87. The third-order valence-corrected chi connectivity index (χ3v) is 4.96. The Morgan fingerprint density at radius 1 is 1.08 bits per heavy atom. The van der Waals surface area contributed by atoms with E-state index in [4.69, 9.17) is 4.74 Å². The second kappa shape index (κ2) is 10.2. The van der Waals surface area contributed by atoms with Gasteiger partial charge in [0, 0.05) is 19.6 Å². The van der Waals surface area contributed by atoms with Crippen LogP contribution in [0.2, 0.25) is 0 Å². The summed E-state index contributed by atoms with van der Waals surface area (Å²) in [5.74, 6) is -0.866. The average Bonchev–Trinajstić information content (AvgIpc) is 2.64. The van der Waals surface area contributed by atoms with Crippen molar-refractivity contribution >= 4 is 11.9 Å². The standard InChI is InChI=1S/C20H29NO4/c22-18(21-16-20(19(23)24)12-5-2-6-13-20)10-7-14-25-15-11-17-8-3-1-4-9-17/h1,3-4,8-9H,2,5-7,10-16H2,(H,21,22)(H,23,24). The van der Waals surface area contributed by atoms with Gasteiger partial charge in [0.15, 0.2) is 0 Å². The van der Waals surface area contributed by atoms with Gasteiger partial charge >= 0.3 is 5.97 Å². The topological polar surface area (TPSA) is 75.6 Å². The van der Waals surface area contributed by atoms with Gasteiger partial charge in [-0.25, -0.2) is 0 Å². The number of ether oxygens (including phenoxy) is 1. The first kappa shape index (κ1) is 19.4. The van der Waals surface area contributed by atoms with Gasteiger partial charge in [0.05, 0.1) is 12.0 Å². The van der Waals surface area contributed by atoms with Crippen LogP contribution < -0.4 is 5.32 Å². The number of carboxylic acid groups (broad SMARTS) is 1. The van der Waals surface area contributed by atoms with E-state index in [0.717, 1.165) is 25.7 Å². The summed E-state index contributed by atoms with van der Waals surface area (Å²) in [4.78, 5) is 23.5. The summed E-state index contributed by atoms with van der Waals surface area (Å²) in [5.41, 5.74) is 0.479. The SMILES string of the molecule is O=C(CCCOCCc1ccccc1)NCC1(C(=O)O)CCCCC1. The molecule has 5 nitrogen and oxygen atoms in total. The molecule has 0 unspecified atom stereocenters. The van der Waals surface area contributed by atoms with Crippen LogP contribution in [0.25, 0.3) is 0 Å². The molecule has 0 radical (unpaired) electrons. The lowest BCUT2D eigenvalue weighted by Crippen LogP contribution is -2.44. The van der Waals surface area contributed by atoms with Crippen molar-refractivity contribution in [2.45, 2.75) is 51.4 Å². The zero-order valence-corrected chi connectivity index (χ0v) is 14.8. The molecule has 0 spiro atoms. The molecular formula is C20H29NO4. The van der Waals surface area contributed by atoms with Gasteiger partial charge in [-0.1, -0.05) is 49.6 Å². The lowest BCUT2D eigenvalue weighted by molar-refractivity contribution is -0.151. The number of benzene rings is 1. The number of aliphatic carboxylic acids is 1. The lowest BCUT2D eigenvalue weighted by atomic mass is 9.74. The first-order valence-corrected chi connectivity index (χ1v) is 9.24. The highest BCUT2D eigenvalue weighted by Gasteiger charge is 2.39. The summed E-state index contributed by atoms with van der Waals surface area (Å²) in [6.07, 6.45) is 6.16. The van der Waals surface area contributed by atoms with E-state index in [1.165, 1.54) is 5.56 Å². The maximum atomic E-state index is 11.9. The molecule has 1 aliphatic carbocycles. The van der Waals surface area contributed by atoms with Crippen LogP contribution in [0.4, 0.5) is 0 Å². The van der Waals surface area contributed by atoms with Crippen LogP contribution in [0.1, 0.15) is 50.5 Å². The number of carboxylic acids is 1. The fourth-order valence-corrected chi connectivity index (χ4v) is 3.32. The molecule has 2 N–H and O–H groups in total. The third-order valence-electron chi connectivity index (χ3n) is 4.96. The van der Waals surface area contributed by atoms with Gasteiger partial charge in [0.2, 0.25) is 5.91 Å². The Morgan fingerprint density at radius 3 is 2.48 bits per heavy atom. The van der Waals surface area contributed by atoms with Gasteiger partial charge in [-0.05, 0) is 31.2 Å². The smallest absolute Gasteiger partial charge is 0.311 e. The van der Waals surface area contributed by atoms with E-state index in [9.17, 15) is 14.7 Å². The normalized spacial score (nSPS) is 16.3. The van der Waals surface area contributed by atoms with Gasteiger partial charge in [-0.15, -0.1) is 0 Å². The number of carbonyl (C=O) groups is 2. The second-order valence-electron chi connectivity index (χ2n) is 6.87. The minimum absolute atomic E-state index is 0.0853. The van der Waals surface area contributed by atoms with Crippen molar-refractivity contribution in [1.29, 1.82) is 0 Å². The molecule has 25 heavy (non-hydrogen) atoms. The van der Waals surface area contributed by atoms with Crippen LogP contribution in [0.15, 0.2) is 30.3 Å². The Labute approximate surface area is 149 Å². The summed E-state index contributed by atoms with van der Waals surface area (Å²) in [7, 11) is 0. The van der Waals surface area contributed by atoms with Crippen molar-refractivity contribution in [3.63, 3.8) is 0 Å². The van der Waals surface area contributed by atoms with E-state index in [0.29, 0.717) is 38.9 Å². The first-order valence-electron chi connectivity index (χ1n) is 9.24. The average molecular weight is 347 g/mol. The van der Waals surface area contributed by atoms with Gasteiger partial charge in [-0.3, -0.25) is 9.59 Å². The molecule has 138 valence electrons. The molecule has 0 heterocycles. The summed E-state index contributed by atoms with van der Waals surface area (Å²) in [6.45, 7) is 1.44. The Balaban J connectivity index is 1.57. The molecule has 1 aromatic rings. The van der Waals surface area contributed by atoms with Crippen molar-refractivity contribution < 1.29 is 19.4 Å². The highest BCUT2D eigenvalue weighted by molar-refractivity contribution is 5.79. The number of nitrogens with one attached hydrogen (secondary N) is 1. The largest absolute Gasteiger partial charge is 0.481 e. The van der Waals surface area contributed by atoms with Crippen molar-refractivity contribution in [3.8, 4) is 0 Å². The summed E-state index contributed by atoms with van der Waals surface area (Å²) < 4.78 is 5.57. The molecular weight excluding hydrogens is 318 g/mol. The molecule has 0 aliphatic heterocycles. The van der Waals surface area contributed by atoms with Crippen molar-refractivity contribution in [1.82, 2.24) is 5.32 Å². The summed E-state index contributed by atoms with van der Waals surface area (Å²) >= 11 is 0. The zero-order valence-electron chi connectivity index (χ0n) is 14.8. The molecule has 0 saturated heterocycles. The molecule has 1 amide bonds. The highest BCUT2D eigenvalue weighted by Crippen LogP contribution is 2.36. The minimum Gasteiger partial charge on any atom is -0.481 e. The fourth-order valence-electron chi connectivity index (χ4n) is 3.32. The number of carbonyl (C=O) groups excluding carboxylic acids is 1. The Hall–Kier alpha value is -1.88. The minimum atomic E-state index is -0.781. The van der Waals surface area contributed by atoms with Gasteiger partial charge in [-0.2, -0.15) is 0 Å². The highest BCUT2D eigenvalue weighted by atomic mass is 16.5. The maximum absolute atomic E-state index is 11.9. The molecule has 1 saturated carbocycles. The Morgan fingerprint density at radius 2 is 1.80 bits per heavy atom. The number of hydrogen-bond donors (Lipinski definition) is 2. The van der Waals surface area contributed by atoms with Gasteiger partial charge in [0.1, 0.15) is 0 Å². The summed E-state index contributed by atoms with van der Waals surface area (Å²) in [6, 6.07) is 10.2. The van der Waals surface area contributed by atoms with Crippen LogP contribution in [0, 0.1) is 5.41 Å². The molecule has 5 heteroatoms. The van der Waals surface area contributed by atoms with Crippen molar-refractivity contribution in [3.05, 3.63) is 35.9 Å². The maximum Gasteiger partial charge on any atom is 0.311 e. The van der Waals surface area contributed by atoms with Crippen LogP contribution >= 0.6 is 0 Å². The fraction of sp³-hybridized carbons (Fsp3) is 0.600. The van der Waals surface area contributed by atoms with Gasteiger partial charge in [0.25, 0.3) is 0 Å². The molecule has 1 aliphatic rings. The van der Waals surface area contributed by atoms with Crippen LogP contribution in [-0.2, 0) is 20.7 Å². The lowest BCUT2D eigenvalue weighted by Gasteiger charge is -2.33. The van der Waals surface area contributed by atoms with E-state index >= 15 is 0 Å². The third kappa shape index (κ3) is 6.50. The number of hydrogen-bond acceptors (Lipinski definition) is 3. The molecule has 0 bridgehead atoms. The zero-order chi connectivity index (χ0) is 18.0. The summed E-state index contributed by atoms with van der Waals surface area (Å²) in [5, 5.41) is 12.3. The number of rotatable bonds is 10. The van der Waals surface area contributed by atoms with Crippen molar-refractivity contribution in [2.75, 3.05) is 19.8 Å². The van der Waals surface area contributed by atoms with Gasteiger partial charge < -0.3 is 15.2 Å². The van der Waals surface area contributed by atoms with Crippen LogP contribution in [0.5, 0.6) is 0 Å². The molecule has 1 aromatic carbocycles. The van der Waals surface area contributed by atoms with E-state index < -0.39 is 11.4 Å². The van der Waals surface area contributed by atoms with Crippen LogP contribution in [0.3, 0.4) is 0 Å². The van der Waals surface area contributed by atoms with E-state index in [1.807, 2.05) is 18.2 Å². The first-order chi connectivity index (χ1) is 12.1. The quantitative estimate of drug-likeness (QED) is 0.638. The Kier molecular flexibility index (Phi) is 7.92.